The molecule has 1 heterocycles. The Kier molecular flexibility index (Phi) is 4.24. The van der Waals surface area contributed by atoms with Crippen LogP contribution in [0.25, 0.3) is 0 Å². The number of nitrogen functional groups attached to an aromatic ring is 1. The van der Waals surface area contributed by atoms with Gasteiger partial charge in [-0.05, 0) is 52.9 Å². The van der Waals surface area contributed by atoms with Gasteiger partial charge in [-0.15, -0.1) is 0 Å². The number of benzene rings is 1. The van der Waals surface area contributed by atoms with Crippen molar-refractivity contribution in [1.29, 1.82) is 0 Å². The number of aliphatic hydroxyl groups is 1. The minimum absolute atomic E-state index is 0.0228. The van der Waals surface area contributed by atoms with Crippen molar-refractivity contribution in [3.8, 4) is 0 Å². The molecule has 1 fully saturated rings. The number of amides is 1. The summed E-state index contributed by atoms with van der Waals surface area (Å²) in [4.78, 5) is 14.1. The molecule has 0 aliphatic carbocycles. The third kappa shape index (κ3) is 2.84. The van der Waals surface area contributed by atoms with E-state index in [1.807, 2.05) is 4.90 Å². The SMILES string of the molecule is Nc1cc(C(=O)N2CCC(CCO)C2)ccc1Br. The number of likely N-dealkylation sites (tertiary alicyclic amines) is 1. The van der Waals surface area contributed by atoms with Crippen LogP contribution in [-0.2, 0) is 0 Å². The molecule has 1 aliphatic heterocycles. The molecule has 18 heavy (non-hydrogen) atoms. The van der Waals surface area contributed by atoms with Crippen LogP contribution >= 0.6 is 15.9 Å². The number of rotatable bonds is 3. The van der Waals surface area contributed by atoms with E-state index < -0.39 is 0 Å². The Balaban J connectivity index is 2.05. The number of aliphatic hydroxyl groups excluding tert-OH is 1. The molecule has 1 aromatic carbocycles. The van der Waals surface area contributed by atoms with Crippen LogP contribution < -0.4 is 5.73 Å². The molecule has 1 aliphatic rings. The molecule has 1 saturated heterocycles. The zero-order chi connectivity index (χ0) is 13.1. The number of carbonyl (C=O) groups is 1. The highest BCUT2D eigenvalue weighted by Crippen LogP contribution is 2.24. The second-order valence-electron chi connectivity index (χ2n) is 4.65. The summed E-state index contributed by atoms with van der Waals surface area (Å²) < 4.78 is 0.804. The molecule has 1 aromatic rings. The van der Waals surface area contributed by atoms with E-state index in [2.05, 4.69) is 15.9 Å². The molecule has 1 unspecified atom stereocenters. The predicted molar refractivity (Wildman–Crippen MR) is 74.3 cm³/mol. The van der Waals surface area contributed by atoms with Crippen molar-refractivity contribution in [2.75, 3.05) is 25.4 Å². The molecule has 5 heteroatoms. The number of hydrogen-bond acceptors (Lipinski definition) is 3. The van der Waals surface area contributed by atoms with Gasteiger partial charge in [-0.25, -0.2) is 0 Å². The first-order valence-electron chi connectivity index (χ1n) is 6.07. The first-order chi connectivity index (χ1) is 8.61. The average molecular weight is 313 g/mol. The molecule has 0 spiro atoms. The summed E-state index contributed by atoms with van der Waals surface area (Å²) >= 11 is 3.31. The quantitative estimate of drug-likeness (QED) is 0.837. The van der Waals surface area contributed by atoms with E-state index >= 15 is 0 Å². The number of hydrogen-bond donors (Lipinski definition) is 2. The van der Waals surface area contributed by atoms with Crippen LogP contribution in [0.4, 0.5) is 5.69 Å². The predicted octanol–water partition coefficient (Wildman–Crippen LogP) is 1.88. The summed E-state index contributed by atoms with van der Waals surface area (Å²) in [6.07, 6.45) is 1.74. The van der Waals surface area contributed by atoms with Gasteiger partial charge in [-0.1, -0.05) is 0 Å². The molecule has 98 valence electrons. The van der Waals surface area contributed by atoms with Gasteiger partial charge in [0.05, 0.1) is 0 Å². The Hall–Kier alpha value is -1.07. The minimum atomic E-state index is 0.0228. The summed E-state index contributed by atoms with van der Waals surface area (Å²) in [6.45, 7) is 1.69. The number of anilines is 1. The zero-order valence-corrected chi connectivity index (χ0v) is 11.7. The molecule has 1 amide bonds. The van der Waals surface area contributed by atoms with E-state index in [-0.39, 0.29) is 12.5 Å². The summed E-state index contributed by atoms with van der Waals surface area (Å²) in [6, 6.07) is 5.28. The fourth-order valence-corrected chi connectivity index (χ4v) is 2.54. The van der Waals surface area contributed by atoms with Gasteiger partial charge < -0.3 is 15.7 Å². The van der Waals surface area contributed by atoms with Crippen LogP contribution in [0.2, 0.25) is 0 Å². The Bertz CT molecular complexity index is 451. The van der Waals surface area contributed by atoms with Crippen molar-refractivity contribution in [3.63, 3.8) is 0 Å². The maximum absolute atomic E-state index is 12.3. The Labute approximate surface area is 115 Å². The average Bonchev–Trinajstić information content (AvgIpc) is 2.81. The van der Waals surface area contributed by atoms with E-state index in [0.29, 0.717) is 17.2 Å². The van der Waals surface area contributed by atoms with Gasteiger partial charge in [0.1, 0.15) is 0 Å². The molecule has 2 rings (SSSR count). The molecular weight excluding hydrogens is 296 g/mol. The smallest absolute Gasteiger partial charge is 0.253 e. The van der Waals surface area contributed by atoms with Crippen LogP contribution in [-0.4, -0.2) is 35.6 Å². The van der Waals surface area contributed by atoms with Gasteiger partial charge >= 0.3 is 0 Å². The normalized spacial score (nSPS) is 19.2. The van der Waals surface area contributed by atoms with Crippen molar-refractivity contribution in [2.45, 2.75) is 12.8 Å². The largest absolute Gasteiger partial charge is 0.398 e. The minimum Gasteiger partial charge on any atom is -0.398 e. The Morgan fingerprint density at radius 2 is 2.33 bits per heavy atom. The van der Waals surface area contributed by atoms with Crippen molar-refractivity contribution < 1.29 is 9.90 Å². The van der Waals surface area contributed by atoms with Crippen LogP contribution in [0.3, 0.4) is 0 Å². The lowest BCUT2D eigenvalue weighted by molar-refractivity contribution is 0.0785. The van der Waals surface area contributed by atoms with E-state index in [1.165, 1.54) is 0 Å². The van der Waals surface area contributed by atoms with Gasteiger partial charge in [0.2, 0.25) is 0 Å². The molecule has 0 bridgehead atoms. The van der Waals surface area contributed by atoms with Gasteiger partial charge in [0.15, 0.2) is 0 Å². The van der Waals surface area contributed by atoms with Gasteiger partial charge in [-0.2, -0.15) is 0 Å². The third-order valence-electron chi connectivity index (χ3n) is 3.35. The summed E-state index contributed by atoms with van der Waals surface area (Å²) in [7, 11) is 0. The van der Waals surface area contributed by atoms with Crippen molar-refractivity contribution >= 4 is 27.5 Å². The number of nitrogens with two attached hydrogens (primary N) is 1. The van der Waals surface area contributed by atoms with Crippen LogP contribution in [0.5, 0.6) is 0 Å². The highest BCUT2D eigenvalue weighted by Gasteiger charge is 2.26. The monoisotopic (exact) mass is 312 g/mol. The van der Waals surface area contributed by atoms with Crippen molar-refractivity contribution in [3.05, 3.63) is 28.2 Å². The van der Waals surface area contributed by atoms with Gasteiger partial charge in [-0.3, -0.25) is 4.79 Å². The van der Waals surface area contributed by atoms with Gasteiger partial charge in [0.25, 0.3) is 5.91 Å². The molecule has 3 N–H and O–H groups in total. The Morgan fingerprint density at radius 3 is 3.00 bits per heavy atom. The fraction of sp³-hybridized carbons (Fsp3) is 0.462. The van der Waals surface area contributed by atoms with Crippen LogP contribution in [0.15, 0.2) is 22.7 Å². The van der Waals surface area contributed by atoms with Crippen molar-refractivity contribution in [1.82, 2.24) is 4.90 Å². The molecule has 1 atom stereocenters. The lowest BCUT2D eigenvalue weighted by Gasteiger charge is -2.17. The second-order valence-corrected chi connectivity index (χ2v) is 5.51. The van der Waals surface area contributed by atoms with E-state index in [4.69, 9.17) is 10.8 Å². The number of halogens is 1. The van der Waals surface area contributed by atoms with Crippen molar-refractivity contribution in [2.24, 2.45) is 5.92 Å². The van der Waals surface area contributed by atoms with Crippen LogP contribution in [0.1, 0.15) is 23.2 Å². The van der Waals surface area contributed by atoms with E-state index in [0.717, 1.165) is 30.4 Å². The number of nitrogens with zero attached hydrogens (tertiary/aromatic N) is 1. The molecule has 0 aromatic heterocycles. The standard InChI is InChI=1S/C13H17BrN2O2/c14-11-2-1-10(7-12(11)15)13(18)16-5-3-9(8-16)4-6-17/h1-2,7,9,17H,3-6,8,15H2. The lowest BCUT2D eigenvalue weighted by atomic mass is 10.1. The summed E-state index contributed by atoms with van der Waals surface area (Å²) in [5.41, 5.74) is 6.98. The highest BCUT2D eigenvalue weighted by molar-refractivity contribution is 9.10. The van der Waals surface area contributed by atoms with E-state index in [9.17, 15) is 4.79 Å². The number of carbonyl (C=O) groups excluding carboxylic acids is 1. The maximum Gasteiger partial charge on any atom is 0.253 e. The summed E-state index contributed by atoms with van der Waals surface area (Å²) in [5.74, 6) is 0.446. The fourth-order valence-electron chi connectivity index (χ4n) is 2.29. The maximum atomic E-state index is 12.3. The molecule has 0 radical (unpaired) electrons. The van der Waals surface area contributed by atoms with Gasteiger partial charge in [0, 0.05) is 35.4 Å². The summed E-state index contributed by atoms with van der Waals surface area (Å²) in [5, 5.41) is 8.91. The second kappa shape index (κ2) is 5.71. The van der Waals surface area contributed by atoms with Crippen LogP contribution in [0, 0.1) is 5.92 Å². The Morgan fingerprint density at radius 1 is 1.56 bits per heavy atom. The zero-order valence-electron chi connectivity index (χ0n) is 10.1. The molecule has 0 saturated carbocycles. The first kappa shape index (κ1) is 13.4. The molecular formula is C13H17BrN2O2. The topological polar surface area (TPSA) is 66.6 Å². The molecule has 4 nitrogen and oxygen atoms in total. The first-order valence-corrected chi connectivity index (χ1v) is 6.86. The highest BCUT2D eigenvalue weighted by atomic mass is 79.9. The third-order valence-corrected chi connectivity index (χ3v) is 4.08. The lowest BCUT2D eigenvalue weighted by Crippen LogP contribution is -2.28. The van der Waals surface area contributed by atoms with E-state index in [1.54, 1.807) is 18.2 Å².